The second-order valence-electron chi connectivity index (χ2n) is 8.16. The maximum absolute atomic E-state index is 12.8. The number of fused-ring (bicyclic) bond motifs is 1. The van der Waals surface area contributed by atoms with Crippen molar-refractivity contribution in [2.75, 3.05) is 38.0 Å². The van der Waals surface area contributed by atoms with Crippen LogP contribution in [0.25, 0.3) is 10.9 Å². The minimum absolute atomic E-state index is 0.0434. The van der Waals surface area contributed by atoms with Gasteiger partial charge in [-0.25, -0.2) is 4.79 Å². The highest BCUT2D eigenvalue weighted by molar-refractivity contribution is 6.02. The number of aryl methyl sites for hydroxylation is 2. The van der Waals surface area contributed by atoms with E-state index in [4.69, 9.17) is 0 Å². The highest BCUT2D eigenvalue weighted by Crippen LogP contribution is 2.17. The van der Waals surface area contributed by atoms with Gasteiger partial charge in [0.25, 0.3) is 5.91 Å². The molecule has 0 saturated carbocycles. The number of H-pyrrole nitrogens is 1. The molecule has 0 atom stereocenters. The SMILES string of the molecule is Cc1ccc(NC(=O)NC(=O)CN2CCN(C(=O)c3cc4ccccc4[nH]3)CC2)c(C)c1. The molecule has 0 aliphatic carbocycles. The van der Waals surface area contributed by atoms with Crippen LogP contribution in [0.5, 0.6) is 0 Å². The summed E-state index contributed by atoms with van der Waals surface area (Å²) in [4.78, 5) is 44.1. The van der Waals surface area contributed by atoms with E-state index >= 15 is 0 Å². The minimum Gasteiger partial charge on any atom is -0.351 e. The zero-order valence-corrected chi connectivity index (χ0v) is 18.3. The smallest absolute Gasteiger partial charge is 0.325 e. The number of carbonyl (C=O) groups excluding carboxylic acids is 3. The zero-order chi connectivity index (χ0) is 22.7. The minimum atomic E-state index is -0.547. The standard InChI is InChI=1S/C24H27N5O3/c1-16-7-8-19(17(2)13-16)26-24(32)27-22(30)15-28-9-11-29(12-10-28)23(31)21-14-18-5-3-4-6-20(18)25-21/h3-8,13-14,25H,9-12,15H2,1-2H3,(H2,26,27,30,32). The molecule has 1 fully saturated rings. The summed E-state index contributed by atoms with van der Waals surface area (Å²) < 4.78 is 0. The second kappa shape index (κ2) is 9.23. The van der Waals surface area contributed by atoms with Crippen molar-refractivity contribution in [1.82, 2.24) is 20.1 Å². The van der Waals surface area contributed by atoms with Gasteiger partial charge < -0.3 is 15.2 Å². The van der Waals surface area contributed by atoms with Gasteiger partial charge in [0.15, 0.2) is 0 Å². The summed E-state index contributed by atoms with van der Waals surface area (Å²) in [6.45, 7) is 6.17. The average Bonchev–Trinajstić information content (AvgIpc) is 3.20. The van der Waals surface area contributed by atoms with Crippen molar-refractivity contribution in [2.24, 2.45) is 0 Å². The number of piperazine rings is 1. The molecular formula is C24H27N5O3. The summed E-state index contributed by atoms with van der Waals surface area (Å²) in [5.74, 6) is -0.416. The Morgan fingerprint density at radius 1 is 0.969 bits per heavy atom. The molecule has 8 nitrogen and oxygen atoms in total. The predicted octanol–water partition coefficient (Wildman–Crippen LogP) is 2.89. The molecule has 0 spiro atoms. The molecule has 8 heteroatoms. The van der Waals surface area contributed by atoms with Gasteiger partial charge >= 0.3 is 6.03 Å². The van der Waals surface area contributed by atoms with Crippen LogP contribution < -0.4 is 10.6 Å². The fourth-order valence-electron chi connectivity index (χ4n) is 3.94. The fraction of sp³-hybridized carbons (Fsp3) is 0.292. The Hall–Kier alpha value is -3.65. The monoisotopic (exact) mass is 433 g/mol. The summed E-state index contributed by atoms with van der Waals surface area (Å²) in [6, 6.07) is 14.8. The number of aromatic amines is 1. The number of amides is 4. The molecular weight excluding hydrogens is 406 g/mol. The number of nitrogens with zero attached hydrogens (tertiary/aromatic N) is 2. The molecule has 0 radical (unpaired) electrons. The summed E-state index contributed by atoms with van der Waals surface area (Å²) >= 11 is 0. The van der Waals surface area contributed by atoms with Crippen molar-refractivity contribution in [3.63, 3.8) is 0 Å². The van der Waals surface area contributed by atoms with E-state index < -0.39 is 6.03 Å². The maximum atomic E-state index is 12.8. The molecule has 1 aliphatic rings. The number of para-hydroxylation sites is 1. The number of carbonyl (C=O) groups is 3. The van der Waals surface area contributed by atoms with Crippen LogP contribution in [0.1, 0.15) is 21.6 Å². The largest absolute Gasteiger partial charge is 0.351 e. The average molecular weight is 434 g/mol. The van der Waals surface area contributed by atoms with Gasteiger partial charge in [-0.1, -0.05) is 35.9 Å². The lowest BCUT2D eigenvalue weighted by atomic mass is 10.1. The van der Waals surface area contributed by atoms with E-state index in [1.807, 2.05) is 67.3 Å². The van der Waals surface area contributed by atoms with Crippen molar-refractivity contribution < 1.29 is 14.4 Å². The number of hydrogen-bond donors (Lipinski definition) is 3. The quantitative estimate of drug-likeness (QED) is 0.589. The Labute approximate surface area is 186 Å². The highest BCUT2D eigenvalue weighted by Gasteiger charge is 2.24. The molecule has 32 heavy (non-hydrogen) atoms. The number of hydrogen-bond acceptors (Lipinski definition) is 4. The summed E-state index contributed by atoms with van der Waals surface area (Å²) in [7, 11) is 0. The van der Waals surface area contributed by atoms with Crippen molar-refractivity contribution in [1.29, 1.82) is 0 Å². The Bertz CT molecular complexity index is 1130. The van der Waals surface area contributed by atoms with E-state index in [0.29, 0.717) is 37.6 Å². The van der Waals surface area contributed by atoms with Crippen LogP contribution in [0.15, 0.2) is 48.5 Å². The third kappa shape index (κ3) is 4.97. The number of aromatic nitrogens is 1. The first kappa shape index (κ1) is 21.6. The molecule has 3 aromatic rings. The van der Waals surface area contributed by atoms with E-state index in [0.717, 1.165) is 22.0 Å². The van der Waals surface area contributed by atoms with Crippen LogP contribution in [0.2, 0.25) is 0 Å². The van der Waals surface area contributed by atoms with Gasteiger partial charge in [0.1, 0.15) is 5.69 Å². The van der Waals surface area contributed by atoms with Crippen molar-refractivity contribution in [3.8, 4) is 0 Å². The van der Waals surface area contributed by atoms with E-state index in [1.54, 1.807) is 4.90 Å². The number of nitrogens with one attached hydrogen (secondary N) is 3. The topological polar surface area (TPSA) is 97.5 Å². The molecule has 4 amide bonds. The molecule has 2 heterocycles. The normalized spacial score (nSPS) is 14.4. The van der Waals surface area contributed by atoms with Crippen LogP contribution >= 0.6 is 0 Å². The van der Waals surface area contributed by atoms with Gasteiger partial charge in [-0.2, -0.15) is 0 Å². The summed E-state index contributed by atoms with van der Waals surface area (Å²) in [5, 5.41) is 6.09. The molecule has 0 bridgehead atoms. The van der Waals surface area contributed by atoms with Gasteiger partial charge in [0.2, 0.25) is 5.91 Å². The van der Waals surface area contributed by atoms with Gasteiger partial charge in [-0.15, -0.1) is 0 Å². The lowest BCUT2D eigenvalue weighted by Gasteiger charge is -2.34. The fourth-order valence-corrected chi connectivity index (χ4v) is 3.94. The molecule has 4 rings (SSSR count). The summed E-state index contributed by atoms with van der Waals surface area (Å²) in [6.07, 6.45) is 0. The molecule has 0 unspecified atom stereocenters. The highest BCUT2D eigenvalue weighted by atomic mass is 16.2. The van der Waals surface area contributed by atoms with Gasteiger partial charge in [-0.05, 0) is 37.6 Å². The van der Waals surface area contributed by atoms with Crippen molar-refractivity contribution in [2.45, 2.75) is 13.8 Å². The Morgan fingerprint density at radius 2 is 1.72 bits per heavy atom. The number of benzene rings is 2. The van der Waals surface area contributed by atoms with Crippen molar-refractivity contribution in [3.05, 3.63) is 65.4 Å². The van der Waals surface area contributed by atoms with Crippen LogP contribution in [0, 0.1) is 13.8 Å². The number of imide groups is 1. The van der Waals surface area contributed by atoms with Gasteiger partial charge in [0, 0.05) is 42.8 Å². The lowest BCUT2D eigenvalue weighted by molar-refractivity contribution is -0.121. The Morgan fingerprint density at radius 3 is 2.44 bits per heavy atom. The van der Waals surface area contributed by atoms with E-state index in [1.165, 1.54) is 0 Å². The predicted molar refractivity (Wildman–Crippen MR) is 124 cm³/mol. The summed E-state index contributed by atoms with van der Waals surface area (Å²) in [5.41, 5.74) is 4.21. The van der Waals surface area contributed by atoms with Gasteiger partial charge in [0.05, 0.1) is 6.54 Å². The first-order valence-corrected chi connectivity index (χ1v) is 10.7. The van der Waals surface area contributed by atoms with Crippen LogP contribution in [0.3, 0.4) is 0 Å². The van der Waals surface area contributed by atoms with Crippen molar-refractivity contribution >= 4 is 34.4 Å². The molecule has 1 aliphatic heterocycles. The second-order valence-corrected chi connectivity index (χ2v) is 8.16. The van der Waals surface area contributed by atoms with E-state index in [9.17, 15) is 14.4 Å². The Balaban J connectivity index is 1.24. The van der Waals surface area contributed by atoms with Crippen LogP contribution in [0.4, 0.5) is 10.5 Å². The molecule has 1 aromatic heterocycles. The van der Waals surface area contributed by atoms with E-state index in [2.05, 4.69) is 15.6 Å². The van der Waals surface area contributed by atoms with Gasteiger partial charge in [-0.3, -0.25) is 19.8 Å². The zero-order valence-electron chi connectivity index (χ0n) is 18.3. The first-order valence-electron chi connectivity index (χ1n) is 10.7. The van der Waals surface area contributed by atoms with E-state index in [-0.39, 0.29) is 18.4 Å². The number of rotatable bonds is 4. The number of urea groups is 1. The number of anilines is 1. The molecule has 3 N–H and O–H groups in total. The molecule has 166 valence electrons. The maximum Gasteiger partial charge on any atom is 0.325 e. The molecule has 1 saturated heterocycles. The lowest BCUT2D eigenvalue weighted by Crippen LogP contribution is -2.51. The van der Waals surface area contributed by atoms with Crippen LogP contribution in [-0.4, -0.2) is 65.4 Å². The third-order valence-electron chi connectivity index (χ3n) is 5.67. The molecule has 2 aromatic carbocycles. The first-order chi connectivity index (χ1) is 15.4. The van der Waals surface area contributed by atoms with Crippen LogP contribution in [-0.2, 0) is 4.79 Å². The third-order valence-corrected chi connectivity index (χ3v) is 5.67. The Kier molecular flexibility index (Phi) is 6.23.